The number of methoxy groups -OCH3 is 1. The summed E-state index contributed by atoms with van der Waals surface area (Å²) in [6, 6.07) is 15.8. The Hall–Kier alpha value is -4.01. The normalized spacial score (nSPS) is 11.5. The maximum atomic E-state index is 12.9. The topological polar surface area (TPSA) is 101 Å². The Labute approximate surface area is 185 Å². The van der Waals surface area contributed by atoms with Crippen LogP contribution in [0.2, 0.25) is 0 Å². The number of carbonyl (C=O) groups is 2. The van der Waals surface area contributed by atoms with Gasteiger partial charge in [0.1, 0.15) is 17.2 Å². The third kappa shape index (κ3) is 5.00. The molecule has 0 aliphatic carbocycles. The number of hydrogen-bond acceptors (Lipinski definition) is 6. The van der Waals surface area contributed by atoms with Gasteiger partial charge >= 0.3 is 5.97 Å². The zero-order valence-corrected chi connectivity index (χ0v) is 18.3. The lowest BCUT2D eigenvalue weighted by Crippen LogP contribution is -2.33. The highest BCUT2D eigenvalue weighted by molar-refractivity contribution is 5.95. The highest BCUT2D eigenvalue weighted by atomic mass is 16.6. The lowest BCUT2D eigenvalue weighted by Gasteiger charge is -2.13. The maximum absolute atomic E-state index is 12.9. The number of amides is 1. The quantitative estimate of drug-likeness (QED) is 0.541. The monoisotopic (exact) mass is 439 g/mol. The second-order valence-electron chi connectivity index (χ2n) is 7.02. The molecule has 1 amide bonds. The molecule has 9 nitrogen and oxygen atoms in total. The molecule has 1 aromatic heterocycles. The fraction of sp³-hybridized carbons (Fsp3) is 0.261. The van der Waals surface area contributed by atoms with Crippen molar-refractivity contribution >= 4 is 17.6 Å². The molecule has 1 N–H and O–H groups in total. The van der Waals surface area contributed by atoms with Gasteiger partial charge in [-0.3, -0.25) is 14.3 Å². The molecule has 0 spiro atoms. The molecule has 3 aromatic rings. The molecule has 3 rings (SSSR count). The van der Waals surface area contributed by atoms with Gasteiger partial charge in [0.05, 0.1) is 18.5 Å². The van der Waals surface area contributed by atoms with E-state index >= 15 is 0 Å². The van der Waals surface area contributed by atoms with E-state index in [9.17, 15) is 14.4 Å². The van der Waals surface area contributed by atoms with E-state index in [1.807, 2.05) is 18.2 Å². The molecule has 0 aliphatic heterocycles. The van der Waals surface area contributed by atoms with E-state index in [4.69, 9.17) is 14.2 Å². The molecule has 0 saturated carbocycles. The predicted molar refractivity (Wildman–Crippen MR) is 118 cm³/mol. The maximum Gasteiger partial charge on any atom is 0.344 e. The number of hydrogen-bond donors (Lipinski definition) is 1. The smallest absolute Gasteiger partial charge is 0.344 e. The molecule has 0 bridgehead atoms. The summed E-state index contributed by atoms with van der Waals surface area (Å²) >= 11 is 0. The van der Waals surface area contributed by atoms with Crippen LogP contribution >= 0.6 is 0 Å². The number of esters is 1. The number of anilines is 1. The summed E-state index contributed by atoms with van der Waals surface area (Å²) in [6.45, 7) is 2.78. The van der Waals surface area contributed by atoms with Crippen LogP contribution < -0.4 is 20.3 Å². The Morgan fingerprint density at radius 3 is 2.28 bits per heavy atom. The Morgan fingerprint density at radius 2 is 1.66 bits per heavy atom. The second kappa shape index (κ2) is 9.86. The van der Waals surface area contributed by atoms with Crippen molar-refractivity contribution in [2.45, 2.75) is 20.0 Å². The van der Waals surface area contributed by atoms with Gasteiger partial charge in [-0.15, -0.1) is 0 Å². The average Bonchev–Trinajstić information content (AvgIpc) is 3.01. The van der Waals surface area contributed by atoms with Crippen molar-refractivity contribution in [3.05, 3.63) is 70.6 Å². The molecular weight excluding hydrogens is 414 g/mol. The molecule has 1 heterocycles. The van der Waals surface area contributed by atoms with E-state index in [0.29, 0.717) is 22.9 Å². The van der Waals surface area contributed by atoms with Crippen molar-refractivity contribution in [2.24, 2.45) is 7.05 Å². The summed E-state index contributed by atoms with van der Waals surface area (Å²) in [7, 11) is 3.27. The van der Waals surface area contributed by atoms with Crippen LogP contribution in [-0.4, -0.2) is 41.1 Å². The third-order valence-electron chi connectivity index (χ3n) is 4.90. The molecule has 168 valence electrons. The molecule has 0 fully saturated rings. The van der Waals surface area contributed by atoms with Gasteiger partial charge in [0.2, 0.25) is 0 Å². The van der Waals surface area contributed by atoms with Gasteiger partial charge in [-0.1, -0.05) is 18.2 Å². The summed E-state index contributed by atoms with van der Waals surface area (Å²) < 4.78 is 18.6. The van der Waals surface area contributed by atoms with E-state index < -0.39 is 18.0 Å². The largest absolute Gasteiger partial charge is 0.497 e. The minimum atomic E-state index is -1.12. The minimum Gasteiger partial charge on any atom is -0.497 e. The van der Waals surface area contributed by atoms with Crippen LogP contribution in [0.25, 0.3) is 5.69 Å². The van der Waals surface area contributed by atoms with E-state index in [2.05, 4.69) is 5.32 Å². The Bertz CT molecular complexity index is 1150. The summed E-state index contributed by atoms with van der Waals surface area (Å²) in [5, 5.41) is 2.58. The first kappa shape index (κ1) is 22.7. The van der Waals surface area contributed by atoms with Crippen LogP contribution in [0.4, 0.5) is 5.69 Å². The van der Waals surface area contributed by atoms with Crippen LogP contribution in [0.1, 0.15) is 12.6 Å². The summed E-state index contributed by atoms with van der Waals surface area (Å²) in [4.78, 5) is 37.5. The molecule has 1 atom stereocenters. The first-order chi connectivity index (χ1) is 15.3. The van der Waals surface area contributed by atoms with Gasteiger partial charge in [-0.25, -0.2) is 9.48 Å². The van der Waals surface area contributed by atoms with Crippen molar-refractivity contribution in [1.82, 2.24) is 9.36 Å². The summed E-state index contributed by atoms with van der Waals surface area (Å²) in [6.07, 6.45) is -1.12. The van der Waals surface area contributed by atoms with E-state index in [0.717, 1.165) is 0 Å². The number of para-hydroxylation sites is 1. The molecule has 0 aliphatic rings. The average molecular weight is 439 g/mol. The van der Waals surface area contributed by atoms with Gasteiger partial charge in [0.15, 0.2) is 12.7 Å². The number of benzene rings is 2. The van der Waals surface area contributed by atoms with Crippen LogP contribution in [0.3, 0.4) is 0 Å². The van der Waals surface area contributed by atoms with Crippen molar-refractivity contribution in [3.63, 3.8) is 0 Å². The van der Waals surface area contributed by atoms with Gasteiger partial charge in [0.25, 0.3) is 11.5 Å². The van der Waals surface area contributed by atoms with Crippen LogP contribution in [-0.2, 0) is 21.4 Å². The molecule has 1 unspecified atom stereocenters. The van der Waals surface area contributed by atoms with Gasteiger partial charge < -0.3 is 19.5 Å². The van der Waals surface area contributed by atoms with Gasteiger partial charge in [-0.05, 0) is 50.2 Å². The Balaban J connectivity index is 1.62. The van der Waals surface area contributed by atoms with Crippen LogP contribution in [0.15, 0.2) is 59.4 Å². The molecule has 9 heteroatoms. The predicted octanol–water partition coefficient (Wildman–Crippen LogP) is 2.44. The molecule has 0 radical (unpaired) electrons. The fourth-order valence-electron chi connectivity index (χ4n) is 3.04. The molecule has 2 aromatic carbocycles. The molecule has 32 heavy (non-hydrogen) atoms. The van der Waals surface area contributed by atoms with Crippen molar-refractivity contribution < 1.29 is 23.8 Å². The fourth-order valence-corrected chi connectivity index (χ4v) is 3.04. The Morgan fingerprint density at radius 1 is 1.03 bits per heavy atom. The zero-order chi connectivity index (χ0) is 23.3. The van der Waals surface area contributed by atoms with E-state index in [1.165, 1.54) is 11.6 Å². The number of rotatable bonds is 8. The third-order valence-corrected chi connectivity index (χ3v) is 4.90. The highest BCUT2D eigenvalue weighted by Gasteiger charge is 2.23. The zero-order valence-electron chi connectivity index (χ0n) is 18.3. The number of nitrogens with one attached hydrogen (secondary N) is 1. The number of aromatic nitrogens is 2. The standard InChI is InChI=1S/C23H25N3O6/c1-15-21(23(29)26(25(15)3)17-8-6-5-7-9-17)24-22(28)16(2)32-20(27)14-31-19-12-10-18(30-4)11-13-19/h5-13,16H,14H2,1-4H3,(H,24,28). The number of carbonyl (C=O) groups excluding carboxylic acids is 2. The number of nitrogens with zero attached hydrogens (tertiary/aromatic N) is 2. The van der Waals surface area contributed by atoms with Crippen LogP contribution in [0, 0.1) is 6.92 Å². The first-order valence-electron chi connectivity index (χ1n) is 9.93. The van der Waals surface area contributed by atoms with Crippen molar-refractivity contribution in [3.8, 4) is 17.2 Å². The first-order valence-corrected chi connectivity index (χ1v) is 9.93. The van der Waals surface area contributed by atoms with E-state index in [1.54, 1.807) is 62.2 Å². The lowest BCUT2D eigenvalue weighted by atomic mass is 10.3. The van der Waals surface area contributed by atoms with Gasteiger partial charge in [-0.2, -0.15) is 0 Å². The van der Waals surface area contributed by atoms with Crippen molar-refractivity contribution in [2.75, 3.05) is 19.0 Å². The molecule has 0 saturated heterocycles. The SMILES string of the molecule is COc1ccc(OCC(=O)OC(C)C(=O)Nc2c(C)n(C)n(-c3ccccc3)c2=O)cc1. The van der Waals surface area contributed by atoms with Crippen molar-refractivity contribution in [1.29, 1.82) is 0 Å². The second-order valence-corrected chi connectivity index (χ2v) is 7.02. The molecular formula is C23H25N3O6. The summed E-state index contributed by atoms with van der Waals surface area (Å²) in [5.41, 5.74) is 0.969. The van der Waals surface area contributed by atoms with Gasteiger partial charge in [0, 0.05) is 7.05 Å². The summed E-state index contributed by atoms with van der Waals surface area (Å²) in [5.74, 6) is -0.210. The number of ether oxygens (including phenoxy) is 3. The van der Waals surface area contributed by atoms with Crippen LogP contribution in [0.5, 0.6) is 11.5 Å². The van der Waals surface area contributed by atoms with E-state index in [-0.39, 0.29) is 17.9 Å². The highest BCUT2D eigenvalue weighted by Crippen LogP contribution is 2.17. The lowest BCUT2D eigenvalue weighted by molar-refractivity contribution is -0.155. The minimum absolute atomic E-state index is 0.124. The Kier molecular flexibility index (Phi) is 6.99.